The van der Waals surface area contributed by atoms with E-state index in [-0.39, 0.29) is 11.7 Å². The van der Waals surface area contributed by atoms with Crippen molar-refractivity contribution in [2.75, 3.05) is 23.3 Å². The summed E-state index contributed by atoms with van der Waals surface area (Å²) in [4.78, 5) is 19.0. The fourth-order valence-electron chi connectivity index (χ4n) is 3.02. The molecule has 3 aromatic rings. The molecule has 3 rings (SSSR count). The molecule has 0 radical (unpaired) electrons. The lowest BCUT2D eigenvalue weighted by Gasteiger charge is -2.21. The van der Waals surface area contributed by atoms with Crippen molar-refractivity contribution in [1.29, 1.82) is 0 Å². The minimum Gasteiger partial charge on any atom is -0.372 e. The lowest BCUT2D eigenvalue weighted by Crippen LogP contribution is -2.22. The molecule has 1 aromatic heterocycles. The molecular weight excluding hydrogens is 367 g/mol. The summed E-state index contributed by atoms with van der Waals surface area (Å²) in [6, 6.07) is 17.5. The highest BCUT2D eigenvalue weighted by Crippen LogP contribution is 2.20. The molecule has 150 valence electrons. The fourth-order valence-corrected chi connectivity index (χ4v) is 3.02. The molecule has 0 aliphatic carbocycles. The Morgan fingerprint density at radius 1 is 1.00 bits per heavy atom. The summed E-state index contributed by atoms with van der Waals surface area (Å²) >= 11 is 0. The first-order valence-electron chi connectivity index (χ1n) is 9.69. The first kappa shape index (κ1) is 20.3. The summed E-state index contributed by atoms with van der Waals surface area (Å²) in [7, 11) is 0. The van der Waals surface area contributed by atoms with Gasteiger partial charge in [-0.3, -0.25) is 4.79 Å². The molecule has 0 aliphatic rings. The van der Waals surface area contributed by atoms with Crippen LogP contribution in [0.25, 0.3) is 0 Å². The van der Waals surface area contributed by atoms with Crippen molar-refractivity contribution in [3.05, 3.63) is 83.8 Å². The highest BCUT2D eigenvalue weighted by molar-refractivity contribution is 5.94. The molecule has 0 aliphatic heterocycles. The molecule has 0 spiro atoms. The van der Waals surface area contributed by atoms with Gasteiger partial charge in [0, 0.05) is 42.8 Å². The van der Waals surface area contributed by atoms with E-state index in [1.54, 1.807) is 30.5 Å². The molecule has 2 aromatic carbocycles. The van der Waals surface area contributed by atoms with Gasteiger partial charge < -0.3 is 15.5 Å². The minimum atomic E-state index is -0.296. The second-order valence-electron chi connectivity index (χ2n) is 6.58. The van der Waals surface area contributed by atoms with Crippen LogP contribution in [0.15, 0.2) is 66.9 Å². The zero-order valence-corrected chi connectivity index (χ0v) is 16.7. The van der Waals surface area contributed by atoms with E-state index in [1.165, 1.54) is 17.8 Å². The molecule has 5 nitrogen and oxygen atoms in total. The van der Waals surface area contributed by atoms with E-state index in [2.05, 4.69) is 46.5 Å². The van der Waals surface area contributed by atoms with Gasteiger partial charge in [0.25, 0.3) is 5.91 Å². The topological polar surface area (TPSA) is 57.3 Å². The molecule has 0 atom stereocenters. The largest absolute Gasteiger partial charge is 0.372 e. The maximum Gasteiger partial charge on any atom is 0.251 e. The van der Waals surface area contributed by atoms with Crippen LogP contribution in [0.5, 0.6) is 0 Å². The molecular formula is C23H25FN4O. The van der Waals surface area contributed by atoms with Crippen molar-refractivity contribution < 1.29 is 9.18 Å². The van der Waals surface area contributed by atoms with Crippen LogP contribution in [-0.2, 0) is 6.54 Å². The van der Waals surface area contributed by atoms with E-state index in [0.717, 1.165) is 24.3 Å². The number of anilines is 3. The number of hydrogen-bond acceptors (Lipinski definition) is 4. The Morgan fingerprint density at radius 3 is 2.34 bits per heavy atom. The van der Waals surface area contributed by atoms with Crippen LogP contribution >= 0.6 is 0 Å². The maximum absolute atomic E-state index is 13.0. The van der Waals surface area contributed by atoms with Gasteiger partial charge in [0.05, 0.1) is 0 Å². The number of hydrogen-bond donors (Lipinski definition) is 2. The van der Waals surface area contributed by atoms with Gasteiger partial charge in [0.15, 0.2) is 0 Å². The molecule has 0 saturated carbocycles. The van der Waals surface area contributed by atoms with Crippen molar-refractivity contribution in [3.63, 3.8) is 0 Å². The number of halogens is 1. The normalized spacial score (nSPS) is 10.4. The predicted molar refractivity (Wildman–Crippen MR) is 115 cm³/mol. The summed E-state index contributed by atoms with van der Waals surface area (Å²) in [5.41, 5.74) is 3.41. The van der Waals surface area contributed by atoms with E-state index in [0.29, 0.717) is 17.9 Å². The van der Waals surface area contributed by atoms with Crippen molar-refractivity contribution in [3.8, 4) is 0 Å². The Kier molecular flexibility index (Phi) is 6.79. The average Bonchev–Trinajstić information content (AvgIpc) is 2.75. The van der Waals surface area contributed by atoms with Gasteiger partial charge in [-0.15, -0.1) is 0 Å². The van der Waals surface area contributed by atoms with Gasteiger partial charge in [-0.2, -0.15) is 0 Å². The zero-order chi connectivity index (χ0) is 20.6. The number of nitrogens with zero attached hydrogens (tertiary/aromatic N) is 2. The first-order chi connectivity index (χ1) is 14.1. The summed E-state index contributed by atoms with van der Waals surface area (Å²) in [5, 5.41) is 6.07. The van der Waals surface area contributed by atoms with Gasteiger partial charge in [0.2, 0.25) is 0 Å². The summed E-state index contributed by atoms with van der Waals surface area (Å²) in [5.74, 6) is 0.0849. The number of carbonyl (C=O) groups is 1. The standard InChI is InChI=1S/C23H25FN4O/c1-3-28(4-2)21-11-9-20(10-12-21)27-22-15-18(13-14-25-22)23(29)26-16-17-5-7-19(24)8-6-17/h5-15H,3-4,16H2,1-2H3,(H,25,27)(H,26,29). The van der Waals surface area contributed by atoms with Crippen LogP contribution in [0.3, 0.4) is 0 Å². The molecule has 2 N–H and O–H groups in total. The predicted octanol–water partition coefficient (Wildman–Crippen LogP) is 4.74. The van der Waals surface area contributed by atoms with Gasteiger partial charge in [0.1, 0.15) is 11.6 Å². The molecule has 0 bridgehead atoms. The fraction of sp³-hybridized carbons (Fsp3) is 0.217. The molecule has 0 unspecified atom stereocenters. The Morgan fingerprint density at radius 2 is 1.69 bits per heavy atom. The van der Waals surface area contributed by atoms with E-state index in [9.17, 15) is 9.18 Å². The number of carbonyl (C=O) groups excluding carboxylic acids is 1. The van der Waals surface area contributed by atoms with E-state index in [1.807, 2.05) is 12.1 Å². The number of benzene rings is 2. The van der Waals surface area contributed by atoms with E-state index in [4.69, 9.17) is 0 Å². The highest BCUT2D eigenvalue weighted by atomic mass is 19.1. The number of amides is 1. The number of rotatable bonds is 8. The Bertz CT molecular complexity index is 938. The average molecular weight is 392 g/mol. The summed E-state index contributed by atoms with van der Waals surface area (Å²) in [6.45, 7) is 6.51. The molecule has 1 amide bonds. The van der Waals surface area contributed by atoms with E-state index >= 15 is 0 Å². The maximum atomic E-state index is 13.0. The third kappa shape index (κ3) is 5.54. The van der Waals surface area contributed by atoms with Gasteiger partial charge >= 0.3 is 0 Å². The summed E-state index contributed by atoms with van der Waals surface area (Å²) < 4.78 is 13.0. The Balaban J connectivity index is 1.62. The number of nitrogens with one attached hydrogen (secondary N) is 2. The lowest BCUT2D eigenvalue weighted by atomic mass is 10.2. The minimum absolute atomic E-state index is 0.211. The van der Waals surface area contributed by atoms with Crippen LogP contribution in [-0.4, -0.2) is 24.0 Å². The molecule has 0 fully saturated rings. The van der Waals surface area contributed by atoms with Crippen LogP contribution in [0.1, 0.15) is 29.8 Å². The van der Waals surface area contributed by atoms with Crippen LogP contribution in [0.4, 0.5) is 21.6 Å². The second kappa shape index (κ2) is 9.68. The molecule has 29 heavy (non-hydrogen) atoms. The second-order valence-corrected chi connectivity index (χ2v) is 6.58. The van der Waals surface area contributed by atoms with Gasteiger partial charge in [-0.1, -0.05) is 12.1 Å². The monoisotopic (exact) mass is 392 g/mol. The van der Waals surface area contributed by atoms with Crippen molar-refractivity contribution in [2.45, 2.75) is 20.4 Å². The Labute approximate surface area is 170 Å². The molecule has 6 heteroatoms. The van der Waals surface area contributed by atoms with Crippen LogP contribution in [0.2, 0.25) is 0 Å². The smallest absolute Gasteiger partial charge is 0.251 e. The van der Waals surface area contributed by atoms with Gasteiger partial charge in [-0.25, -0.2) is 9.37 Å². The summed E-state index contributed by atoms with van der Waals surface area (Å²) in [6.07, 6.45) is 1.60. The SMILES string of the molecule is CCN(CC)c1ccc(Nc2cc(C(=O)NCc3ccc(F)cc3)ccn2)cc1. The third-order valence-corrected chi connectivity index (χ3v) is 4.66. The van der Waals surface area contributed by atoms with Crippen LogP contribution in [0, 0.1) is 5.82 Å². The third-order valence-electron chi connectivity index (χ3n) is 4.66. The van der Waals surface area contributed by atoms with E-state index < -0.39 is 0 Å². The van der Waals surface area contributed by atoms with Crippen LogP contribution < -0.4 is 15.5 Å². The van der Waals surface area contributed by atoms with Gasteiger partial charge in [-0.05, 0) is 67.9 Å². The lowest BCUT2D eigenvalue weighted by molar-refractivity contribution is 0.0951. The highest BCUT2D eigenvalue weighted by Gasteiger charge is 2.08. The number of pyridine rings is 1. The van der Waals surface area contributed by atoms with Crippen molar-refractivity contribution >= 4 is 23.1 Å². The first-order valence-corrected chi connectivity index (χ1v) is 9.69. The van der Waals surface area contributed by atoms with Crippen molar-refractivity contribution in [1.82, 2.24) is 10.3 Å². The molecule has 1 heterocycles. The quantitative estimate of drug-likeness (QED) is 0.581. The number of aromatic nitrogens is 1. The van der Waals surface area contributed by atoms with Crippen molar-refractivity contribution in [2.24, 2.45) is 0 Å². The zero-order valence-electron chi connectivity index (χ0n) is 16.7. The molecule has 0 saturated heterocycles. The Hall–Kier alpha value is -3.41.